The molecule has 0 saturated carbocycles. The van der Waals surface area contributed by atoms with E-state index in [-0.39, 0.29) is 24.2 Å². The SMILES string of the molecule is NCCC(O)C(O)c1ccc([N+](=O)[O-])c(CO)c1. The molecule has 0 spiro atoms. The van der Waals surface area contributed by atoms with Crippen molar-refractivity contribution in [2.45, 2.75) is 25.2 Å². The van der Waals surface area contributed by atoms with Crippen molar-refractivity contribution in [3.05, 3.63) is 39.4 Å². The highest BCUT2D eigenvalue weighted by Crippen LogP contribution is 2.25. The molecule has 0 amide bonds. The Kier molecular flexibility index (Phi) is 5.17. The molecular weight excluding hydrogens is 240 g/mol. The molecule has 1 aromatic rings. The van der Waals surface area contributed by atoms with E-state index in [9.17, 15) is 20.3 Å². The second-order valence-corrected chi connectivity index (χ2v) is 3.89. The molecule has 0 heterocycles. The monoisotopic (exact) mass is 256 g/mol. The zero-order valence-corrected chi connectivity index (χ0v) is 9.69. The number of nitrogens with zero attached hydrogens (tertiary/aromatic N) is 1. The van der Waals surface area contributed by atoms with Crippen molar-refractivity contribution >= 4 is 5.69 Å². The van der Waals surface area contributed by atoms with E-state index in [1.165, 1.54) is 18.2 Å². The van der Waals surface area contributed by atoms with E-state index < -0.39 is 23.7 Å². The molecule has 0 fully saturated rings. The Labute approximate surface area is 104 Å². The summed E-state index contributed by atoms with van der Waals surface area (Å²) >= 11 is 0. The lowest BCUT2D eigenvalue weighted by atomic mass is 9.99. The largest absolute Gasteiger partial charge is 0.391 e. The van der Waals surface area contributed by atoms with Gasteiger partial charge in [-0.1, -0.05) is 0 Å². The predicted octanol–water partition coefficient (Wildman–Crippen LogP) is -0.170. The molecule has 0 aromatic heterocycles. The molecule has 0 saturated heterocycles. The van der Waals surface area contributed by atoms with Crippen LogP contribution in [-0.4, -0.2) is 32.9 Å². The summed E-state index contributed by atoms with van der Waals surface area (Å²) in [6, 6.07) is 3.85. The molecule has 0 aliphatic heterocycles. The molecule has 7 heteroatoms. The van der Waals surface area contributed by atoms with Gasteiger partial charge < -0.3 is 21.1 Å². The van der Waals surface area contributed by atoms with E-state index in [4.69, 9.17) is 10.8 Å². The normalized spacial score (nSPS) is 14.2. The number of hydrogen-bond donors (Lipinski definition) is 4. The topological polar surface area (TPSA) is 130 Å². The molecule has 1 rings (SSSR count). The summed E-state index contributed by atoms with van der Waals surface area (Å²) in [7, 11) is 0. The van der Waals surface area contributed by atoms with Crippen LogP contribution in [0, 0.1) is 10.1 Å². The Hall–Kier alpha value is -1.54. The van der Waals surface area contributed by atoms with E-state index in [0.29, 0.717) is 5.56 Å². The number of rotatable bonds is 6. The molecule has 7 nitrogen and oxygen atoms in total. The number of nitro groups is 1. The van der Waals surface area contributed by atoms with Gasteiger partial charge in [-0.05, 0) is 30.7 Å². The zero-order valence-electron chi connectivity index (χ0n) is 9.69. The van der Waals surface area contributed by atoms with Crippen LogP contribution in [-0.2, 0) is 6.61 Å². The van der Waals surface area contributed by atoms with Gasteiger partial charge in [0.05, 0.1) is 23.2 Å². The number of hydrogen-bond acceptors (Lipinski definition) is 6. The lowest BCUT2D eigenvalue weighted by molar-refractivity contribution is -0.385. The Morgan fingerprint density at radius 1 is 1.39 bits per heavy atom. The van der Waals surface area contributed by atoms with Crippen LogP contribution in [0.25, 0.3) is 0 Å². The third-order valence-electron chi connectivity index (χ3n) is 2.64. The maximum Gasteiger partial charge on any atom is 0.274 e. The smallest absolute Gasteiger partial charge is 0.274 e. The molecule has 0 aliphatic rings. The lowest BCUT2D eigenvalue weighted by Crippen LogP contribution is -2.22. The Morgan fingerprint density at radius 2 is 2.06 bits per heavy atom. The minimum absolute atomic E-state index is 0.0940. The number of nitro benzene ring substituents is 1. The summed E-state index contributed by atoms with van der Waals surface area (Å²) < 4.78 is 0. The molecule has 0 bridgehead atoms. The highest BCUT2D eigenvalue weighted by Gasteiger charge is 2.21. The first-order valence-electron chi connectivity index (χ1n) is 5.45. The summed E-state index contributed by atoms with van der Waals surface area (Å²) in [6.45, 7) is -0.290. The van der Waals surface area contributed by atoms with Crippen LogP contribution in [0.5, 0.6) is 0 Å². The zero-order chi connectivity index (χ0) is 13.7. The molecule has 0 aliphatic carbocycles. The highest BCUT2D eigenvalue weighted by atomic mass is 16.6. The van der Waals surface area contributed by atoms with Crippen molar-refractivity contribution in [2.24, 2.45) is 5.73 Å². The van der Waals surface area contributed by atoms with Gasteiger partial charge in [-0.2, -0.15) is 0 Å². The maximum absolute atomic E-state index is 10.7. The first kappa shape index (κ1) is 14.5. The third-order valence-corrected chi connectivity index (χ3v) is 2.64. The predicted molar refractivity (Wildman–Crippen MR) is 63.7 cm³/mol. The summed E-state index contributed by atoms with van der Waals surface area (Å²) in [5.74, 6) is 0. The molecule has 5 N–H and O–H groups in total. The average Bonchev–Trinajstić information content (AvgIpc) is 2.37. The number of aliphatic hydroxyl groups excluding tert-OH is 3. The Balaban J connectivity index is 3.01. The van der Waals surface area contributed by atoms with Gasteiger partial charge in [0, 0.05) is 6.07 Å². The molecule has 100 valence electrons. The summed E-state index contributed by atoms with van der Waals surface area (Å²) in [5, 5.41) is 39.1. The fourth-order valence-corrected chi connectivity index (χ4v) is 1.64. The fourth-order valence-electron chi connectivity index (χ4n) is 1.64. The van der Waals surface area contributed by atoms with E-state index >= 15 is 0 Å². The van der Waals surface area contributed by atoms with Gasteiger partial charge in [0.1, 0.15) is 6.10 Å². The second kappa shape index (κ2) is 6.41. The van der Waals surface area contributed by atoms with Gasteiger partial charge in [0.15, 0.2) is 0 Å². The Morgan fingerprint density at radius 3 is 2.56 bits per heavy atom. The van der Waals surface area contributed by atoms with Crippen LogP contribution in [0.4, 0.5) is 5.69 Å². The lowest BCUT2D eigenvalue weighted by Gasteiger charge is -2.17. The molecule has 2 unspecified atom stereocenters. The van der Waals surface area contributed by atoms with Crippen molar-refractivity contribution in [3.8, 4) is 0 Å². The summed E-state index contributed by atoms with van der Waals surface area (Å²) in [5.41, 5.74) is 5.45. The number of aliphatic hydroxyl groups is 3. The van der Waals surface area contributed by atoms with Crippen molar-refractivity contribution in [1.82, 2.24) is 0 Å². The molecule has 18 heavy (non-hydrogen) atoms. The van der Waals surface area contributed by atoms with Crippen LogP contribution in [0.3, 0.4) is 0 Å². The third kappa shape index (κ3) is 3.23. The summed E-state index contributed by atoms with van der Waals surface area (Å²) in [4.78, 5) is 10.1. The van der Waals surface area contributed by atoms with E-state index in [1.54, 1.807) is 0 Å². The van der Waals surface area contributed by atoms with Crippen LogP contribution in [0.1, 0.15) is 23.7 Å². The first-order chi connectivity index (χ1) is 8.51. The van der Waals surface area contributed by atoms with Gasteiger partial charge >= 0.3 is 0 Å². The number of benzene rings is 1. The molecule has 0 radical (unpaired) electrons. The van der Waals surface area contributed by atoms with Crippen LogP contribution >= 0.6 is 0 Å². The second-order valence-electron chi connectivity index (χ2n) is 3.89. The number of nitrogens with two attached hydrogens (primary N) is 1. The quantitative estimate of drug-likeness (QED) is 0.413. The van der Waals surface area contributed by atoms with Crippen LogP contribution < -0.4 is 5.73 Å². The van der Waals surface area contributed by atoms with Crippen LogP contribution in [0.2, 0.25) is 0 Å². The van der Waals surface area contributed by atoms with Crippen molar-refractivity contribution < 1.29 is 20.2 Å². The fraction of sp³-hybridized carbons (Fsp3) is 0.455. The maximum atomic E-state index is 10.7. The average molecular weight is 256 g/mol. The van der Waals surface area contributed by atoms with Gasteiger partial charge in [-0.25, -0.2) is 0 Å². The van der Waals surface area contributed by atoms with Crippen molar-refractivity contribution in [2.75, 3.05) is 6.54 Å². The minimum atomic E-state index is -1.18. The molecular formula is C11H16N2O5. The van der Waals surface area contributed by atoms with Gasteiger partial charge in [-0.15, -0.1) is 0 Å². The standard InChI is InChI=1S/C11H16N2O5/c12-4-3-10(15)11(16)7-1-2-9(13(17)18)8(5-7)6-14/h1-2,5,10-11,14-16H,3-4,6,12H2. The van der Waals surface area contributed by atoms with E-state index in [1.807, 2.05) is 0 Å². The van der Waals surface area contributed by atoms with Gasteiger partial charge in [0.2, 0.25) is 0 Å². The van der Waals surface area contributed by atoms with E-state index in [0.717, 1.165) is 0 Å². The molecule has 2 atom stereocenters. The van der Waals surface area contributed by atoms with Gasteiger partial charge in [-0.3, -0.25) is 10.1 Å². The highest BCUT2D eigenvalue weighted by molar-refractivity contribution is 5.43. The first-order valence-corrected chi connectivity index (χ1v) is 5.45. The van der Waals surface area contributed by atoms with Gasteiger partial charge in [0.25, 0.3) is 5.69 Å². The minimum Gasteiger partial charge on any atom is -0.391 e. The van der Waals surface area contributed by atoms with Crippen molar-refractivity contribution in [3.63, 3.8) is 0 Å². The van der Waals surface area contributed by atoms with Crippen LogP contribution in [0.15, 0.2) is 18.2 Å². The molecule has 1 aromatic carbocycles. The summed E-state index contributed by atoms with van der Waals surface area (Å²) in [6.07, 6.45) is -2.00. The van der Waals surface area contributed by atoms with E-state index in [2.05, 4.69) is 0 Å². The Bertz CT molecular complexity index is 424. The van der Waals surface area contributed by atoms with Crippen molar-refractivity contribution in [1.29, 1.82) is 0 Å².